The molecule has 0 atom stereocenters. The predicted octanol–water partition coefficient (Wildman–Crippen LogP) is 0.411. The van der Waals surface area contributed by atoms with Crippen molar-refractivity contribution in [2.75, 3.05) is 0 Å². The smallest absolute Gasteiger partial charge is 0.225 e. The summed E-state index contributed by atoms with van der Waals surface area (Å²) in [5.41, 5.74) is 0.840. The predicted molar refractivity (Wildman–Crippen MR) is 38.6 cm³/mol. The normalized spacial score (nSPS) is 15.4. The lowest BCUT2D eigenvalue weighted by atomic mass is 10.2. The zero-order valence-electron chi connectivity index (χ0n) is 5.20. The van der Waals surface area contributed by atoms with Gasteiger partial charge in [-0.15, -0.1) is 0 Å². The molecule has 0 unspecified atom stereocenters. The number of rotatable bonds is 0. The van der Waals surface area contributed by atoms with Crippen LogP contribution in [0.4, 0.5) is 0 Å². The van der Waals surface area contributed by atoms with Gasteiger partial charge in [0.25, 0.3) is 0 Å². The number of primary amides is 1. The second-order valence-corrected chi connectivity index (χ2v) is 3.01. The SMILES string of the molecule is O=C1[NH2+]Sc2ccccc21. The van der Waals surface area contributed by atoms with Crippen LogP contribution in [0.2, 0.25) is 0 Å². The van der Waals surface area contributed by atoms with Gasteiger partial charge in [0.05, 0.1) is 10.5 Å². The number of hydrogen-bond donors (Lipinski definition) is 1. The van der Waals surface area contributed by atoms with E-state index in [2.05, 4.69) is 0 Å². The number of fused-ring (bicyclic) bond motifs is 1. The molecule has 0 aromatic heterocycles. The van der Waals surface area contributed by atoms with Gasteiger partial charge in [0.2, 0.25) is 0 Å². The first-order valence-corrected chi connectivity index (χ1v) is 3.89. The van der Waals surface area contributed by atoms with Gasteiger partial charge >= 0.3 is 5.91 Å². The van der Waals surface area contributed by atoms with Crippen LogP contribution in [-0.2, 0) is 0 Å². The Morgan fingerprint density at radius 1 is 1.30 bits per heavy atom. The van der Waals surface area contributed by atoms with E-state index >= 15 is 0 Å². The average Bonchev–Trinajstić information content (AvgIpc) is 2.34. The van der Waals surface area contributed by atoms with Crippen molar-refractivity contribution in [2.24, 2.45) is 0 Å². The molecule has 2 N–H and O–H groups in total. The molecule has 1 aliphatic heterocycles. The van der Waals surface area contributed by atoms with E-state index in [1.165, 1.54) is 11.9 Å². The van der Waals surface area contributed by atoms with Gasteiger partial charge in [-0.05, 0) is 12.1 Å². The highest BCUT2D eigenvalue weighted by molar-refractivity contribution is 7.93. The van der Waals surface area contributed by atoms with Gasteiger partial charge in [0.1, 0.15) is 11.9 Å². The molecule has 0 saturated heterocycles. The van der Waals surface area contributed by atoms with Crippen molar-refractivity contribution in [1.82, 2.24) is 0 Å². The van der Waals surface area contributed by atoms with Crippen molar-refractivity contribution in [3.8, 4) is 0 Å². The monoisotopic (exact) mass is 152 g/mol. The van der Waals surface area contributed by atoms with Crippen LogP contribution in [0.3, 0.4) is 0 Å². The van der Waals surface area contributed by atoms with Gasteiger partial charge in [-0.1, -0.05) is 12.1 Å². The number of hydrogen-bond acceptors (Lipinski definition) is 2. The quantitative estimate of drug-likeness (QED) is 0.546. The molecule has 50 valence electrons. The fourth-order valence-electron chi connectivity index (χ4n) is 0.953. The lowest BCUT2D eigenvalue weighted by Gasteiger charge is -1.84. The second-order valence-electron chi connectivity index (χ2n) is 2.10. The first-order chi connectivity index (χ1) is 4.88. The molecule has 1 aromatic carbocycles. The molecule has 2 nitrogen and oxygen atoms in total. The molecule has 2 rings (SSSR count). The molecule has 0 radical (unpaired) electrons. The summed E-state index contributed by atoms with van der Waals surface area (Å²) >= 11 is 1.50. The fraction of sp³-hybridized carbons (Fsp3) is 0. The molecule has 0 spiro atoms. The summed E-state index contributed by atoms with van der Waals surface area (Å²) in [4.78, 5) is 12.1. The third kappa shape index (κ3) is 0.751. The van der Waals surface area contributed by atoms with E-state index in [9.17, 15) is 4.79 Å². The van der Waals surface area contributed by atoms with Gasteiger partial charge in [0.15, 0.2) is 0 Å². The van der Waals surface area contributed by atoms with E-state index in [1.54, 1.807) is 4.72 Å². The van der Waals surface area contributed by atoms with E-state index in [0.717, 1.165) is 10.5 Å². The topological polar surface area (TPSA) is 33.7 Å². The third-order valence-corrected chi connectivity index (χ3v) is 2.39. The van der Waals surface area contributed by atoms with Crippen molar-refractivity contribution in [3.63, 3.8) is 0 Å². The molecule has 1 heterocycles. The highest BCUT2D eigenvalue weighted by atomic mass is 32.2. The molecule has 10 heavy (non-hydrogen) atoms. The minimum atomic E-state index is 0.139. The maximum absolute atomic E-state index is 11.0. The van der Waals surface area contributed by atoms with E-state index in [4.69, 9.17) is 0 Å². The number of quaternary nitrogens is 1. The highest BCUT2D eigenvalue weighted by Crippen LogP contribution is 2.19. The standard InChI is InChI=1S/C7H5NOS/c9-7-5-3-1-2-4-6(5)10-8-7/h1-4H,(H,8,9)/p+1. The van der Waals surface area contributed by atoms with Crippen LogP contribution in [0.25, 0.3) is 0 Å². The zero-order chi connectivity index (χ0) is 6.97. The van der Waals surface area contributed by atoms with Crippen LogP contribution >= 0.6 is 11.9 Å². The lowest BCUT2D eigenvalue weighted by Crippen LogP contribution is -2.77. The Bertz CT molecular complexity index is 285. The zero-order valence-corrected chi connectivity index (χ0v) is 6.02. The third-order valence-electron chi connectivity index (χ3n) is 1.45. The molecule has 0 saturated carbocycles. The fourth-order valence-corrected chi connectivity index (χ4v) is 1.77. The van der Waals surface area contributed by atoms with E-state index < -0.39 is 0 Å². The molecule has 1 amide bonds. The van der Waals surface area contributed by atoms with Gasteiger partial charge in [-0.3, -0.25) is 0 Å². The number of amides is 1. The van der Waals surface area contributed by atoms with Crippen molar-refractivity contribution >= 4 is 17.9 Å². The molecule has 0 bridgehead atoms. The number of carbonyl (C=O) groups is 1. The Labute approximate surface area is 62.8 Å². The first-order valence-electron chi connectivity index (χ1n) is 3.01. The molecule has 1 aliphatic rings. The first kappa shape index (κ1) is 5.95. The van der Waals surface area contributed by atoms with Gasteiger partial charge in [-0.2, -0.15) is 0 Å². The Hall–Kier alpha value is -0.800. The van der Waals surface area contributed by atoms with E-state index in [1.807, 2.05) is 24.3 Å². The van der Waals surface area contributed by atoms with Crippen molar-refractivity contribution < 1.29 is 9.52 Å². The molecular weight excluding hydrogens is 146 g/mol. The van der Waals surface area contributed by atoms with Crippen molar-refractivity contribution in [2.45, 2.75) is 4.90 Å². The van der Waals surface area contributed by atoms with Crippen LogP contribution < -0.4 is 4.72 Å². The Balaban J connectivity index is 2.61. The van der Waals surface area contributed by atoms with Gasteiger partial charge < -0.3 is 0 Å². The second kappa shape index (κ2) is 2.11. The Morgan fingerprint density at radius 3 is 2.90 bits per heavy atom. The lowest BCUT2D eigenvalue weighted by molar-refractivity contribution is -0.363. The maximum Gasteiger partial charge on any atom is 0.355 e. The highest BCUT2D eigenvalue weighted by Gasteiger charge is 2.24. The van der Waals surface area contributed by atoms with Crippen LogP contribution in [-0.4, -0.2) is 5.91 Å². The molecule has 0 fully saturated rings. The number of carbonyl (C=O) groups excluding carboxylic acids is 1. The summed E-state index contributed by atoms with van der Waals surface area (Å²) in [5, 5.41) is 0. The molecule has 3 heteroatoms. The average molecular weight is 152 g/mol. The minimum Gasteiger partial charge on any atom is -0.225 e. The minimum absolute atomic E-state index is 0.139. The number of benzene rings is 1. The summed E-state index contributed by atoms with van der Waals surface area (Å²) < 4.78 is 1.64. The molecule has 1 aromatic rings. The summed E-state index contributed by atoms with van der Waals surface area (Å²) in [5.74, 6) is 0.139. The molecular formula is C7H6NOS+. The van der Waals surface area contributed by atoms with E-state index in [-0.39, 0.29) is 5.91 Å². The van der Waals surface area contributed by atoms with Crippen LogP contribution in [0.15, 0.2) is 29.2 Å². The Morgan fingerprint density at radius 2 is 2.10 bits per heavy atom. The summed E-state index contributed by atoms with van der Waals surface area (Å²) in [6.45, 7) is 0. The number of nitrogens with two attached hydrogens (primary N) is 1. The maximum atomic E-state index is 11.0. The van der Waals surface area contributed by atoms with Crippen molar-refractivity contribution in [1.29, 1.82) is 0 Å². The van der Waals surface area contributed by atoms with Crippen LogP contribution in [0.5, 0.6) is 0 Å². The van der Waals surface area contributed by atoms with Gasteiger partial charge in [0, 0.05) is 0 Å². The summed E-state index contributed by atoms with van der Waals surface area (Å²) in [6.07, 6.45) is 0. The summed E-state index contributed by atoms with van der Waals surface area (Å²) in [7, 11) is 0. The largest absolute Gasteiger partial charge is 0.355 e. The molecule has 0 aliphatic carbocycles. The van der Waals surface area contributed by atoms with Crippen LogP contribution in [0, 0.1) is 0 Å². The van der Waals surface area contributed by atoms with Crippen LogP contribution in [0.1, 0.15) is 10.4 Å². The Kier molecular flexibility index (Phi) is 1.25. The summed E-state index contributed by atoms with van der Waals surface area (Å²) in [6, 6.07) is 7.64. The van der Waals surface area contributed by atoms with Crippen molar-refractivity contribution in [3.05, 3.63) is 29.8 Å². The van der Waals surface area contributed by atoms with Gasteiger partial charge in [-0.25, -0.2) is 9.52 Å². The van der Waals surface area contributed by atoms with E-state index in [0.29, 0.717) is 0 Å².